The lowest BCUT2D eigenvalue weighted by Gasteiger charge is -2.58. The number of hydrogen-bond acceptors (Lipinski definition) is 3. The fraction of sp³-hybridized carbons (Fsp3) is 0.850. The first-order valence-corrected chi connectivity index (χ1v) is 10.3. The number of rotatable bonds is 3. The van der Waals surface area contributed by atoms with Crippen LogP contribution < -0.4 is 10.6 Å². The molecular formula is C20H32N4O2. The Hall–Kier alpha value is -1.59. The van der Waals surface area contributed by atoms with Crippen LogP contribution in [0.2, 0.25) is 0 Å². The Balaban J connectivity index is 1.21. The van der Waals surface area contributed by atoms with Gasteiger partial charge in [0.05, 0.1) is 5.71 Å². The fourth-order valence-electron chi connectivity index (χ4n) is 5.75. The molecule has 3 fully saturated rings. The smallest absolute Gasteiger partial charge is 0.315 e. The monoisotopic (exact) mass is 360 g/mol. The molecule has 0 saturated heterocycles. The van der Waals surface area contributed by atoms with Crippen molar-refractivity contribution < 1.29 is 9.59 Å². The average Bonchev–Trinajstić information content (AvgIpc) is 3.18. The summed E-state index contributed by atoms with van der Waals surface area (Å²) in [5.41, 5.74) is 0.706. The van der Waals surface area contributed by atoms with Crippen molar-refractivity contribution in [1.29, 1.82) is 0 Å². The van der Waals surface area contributed by atoms with E-state index in [0.29, 0.717) is 17.0 Å². The minimum absolute atomic E-state index is 0.00396. The number of hydrogen-bond donors (Lipinski definition) is 2. The summed E-state index contributed by atoms with van der Waals surface area (Å²) >= 11 is 0. The maximum Gasteiger partial charge on any atom is 0.315 e. The average molecular weight is 361 g/mol. The third-order valence-corrected chi connectivity index (χ3v) is 7.34. The molecule has 0 aromatic rings. The zero-order valence-electron chi connectivity index (χ0n) is 16.1. The van der Waals surface area contributed by atoms with Crippen LogP contribution >= 0.6 is 0 Å². The summed E-state index contributed by atoms with van der Waals surface area (Å²) in [7, 11) is 1.89. The molecule has 0 aromatic carbocycles. The third-order valence-electron chi connectivity index (χ3n) is 7.34. The topological polar surface area (TPSA) is 73.8 Å². The molecule has 0 bridgehead atoms. The van der Waals surface area contributed by atoms with Gasteiger partial charge in [-0.15, -0.1) is 0 Å². The molecule has 0 radical (unpaired) electrons. The summed E-state index contributed by atoms with van der Waals surface area (Å²) in [6.45, 7) is 2.65. The van der Waals surface area contributed by atoms with Crippen molar-refractivity contribution >= 4 is 17.6 Å². The van der Waals surface area contributed by atoms with E-state index in [1.807, 2.05) is 18.9 Å². The van der Waals surface area contributed by atoms with Gasteiger partial charge in [0.1, 0.15) is 5.66 Å². The van der Waals surface area contributed by atoms with Crippen molar-refractivity contribution in [2.75, 3.05) is 13.6 Å². The second-order valence-corrected chi connectivity index (χ2v) is 9.18. The van der Waals surface area contributed by atoms with Crippen molar-refractivity contribution in [3.63, 3.8) is 0 Å². The van der Waals surface area contributed by atoms with Gasteiger partial charge in [0.2, 0.25) is 0 Å². The van der Waals surface area contributed by atoms with Crippen LogP contribution in [0, 0.1) is 11.3 Å². The van der Waals surface area contributed by atoms with Crippen molar-refractivity contribution in [1.82, 2.24) is 15.5 Å². The van der Waals surface area contributed by atoms with E-state index in [-0.39, 0.29) is 23.6 Å². The second-order valence-electron chi connectivity index (χ2n) is 9.18. The Kier molecular flexibility index (Phi) is 4.48. The fourth-order valence-corrected chi connectivity index (χ4v) is 5.75. The van der Waals surface area contributed by atoms with Crippen LogP contribution in [0.25, 0.3) is 0 Å². The lowest BCUT2D eigenvalue weighted by molar-refractivity contribution is -0.138. The number of urea groups is 1. The van der Waals surface area contributed by atoms with Crippen molar-refractivity contribution in [3.05, 3.63) is 0 Å². The highest BCUT2D eigenvalue weighted by Crippen LogP contribution is 2.60. The minimum Gasteiger partial charge on any atom is -0.338 e. The number of nitrogens with zero attached hydrogens (tertiary/aromatic N) is 2. The van der Waals surface area contributed by atoms with Gasteiger partial charge in [0.25, 0.3) is 5.91 Å². The number of carbonyl (C=O) groups excluding carboxylic acids is 2. The van der Waals surface area contributed by atoms with E-state index in [1.54, 1.807) is 0 Å². The molecule has 3 aliphatic carbocycles. The normalized spacial score (nSPS) is 37.2. The highest BCUT2D eigenvalue weighted by molar-refractivity contribution is 6.39. The molecule has 1 aliphatic heterocycles. The van der Waals surface area contributed by atoms with E-state index >= 15 is 0 Å². The van der Waals surface area contributed by atoms with Crippen LogP contribution in [0.15, 0.2) is 4.99 Å². The summed E-state index contributed by atoms with van der Waals surface area (Å²) in [5, 5.41) is 6.23. The first-order chi connectivity index (χ1) is 12.4. The maximum absolute atomic E-state index is 12.1. The summed E-state index contributed by atoms with van der Waals surface area (Å²) < 4.78 is 0. The summed E-state index contributed by atoms with van der Waals surface area (Å²) in [4.78, 5) is 30.7. The van der Waals surface area contributed by atoms with Crippen molar-refractivity contribution in [2.45, 2.75) is 82.8 Å². The molecule has 2 spiro atoms. The van der Waals surface area contributed by atoms with E-state index < -0.39 is 0 Å². The van der Waals surface area contributed by atoms with E-state index in [9.17, 15) is 9.59 Å². The van der Waals surface area contributed by atoms with E-state index in [0.717, 1.165) is 45.1 Å². The molecule has 1 heterocycles. The maximum atomic E-state index is 12.1. The zero-order chi connectivity index (χ0) is 18.4. The number of nitrogens with one attached hydrogen (secondary N) is 2. The number of carbonyl (C=O) groups is 2. The van der Waals surface area contributed by atoms with Crippen LogP contribution in [-0.2, 0) is 4.79 Å². The van der Waals surface area contributed by atoms with Gasteiger partial charge in [-0.05, 0) is 69.6 Å². The van der Waals surface area contributed by atoms with E-state index in [2.05, 4.69) is 15.6 Å². The molecule has 144 valence electrons. The Morgan fingerprint density at radius 3 is 2.42 bits per heavy atom. The van der Waals surface area contributed by atoms with E-state index in [4.69, 9.17) is 0 Å². The molecule has 0 atom stereocenters. The predicted octanol–water partition coefficient (Wildman–Crippen LogP) is 2.83. The van der Waals surface area contributed by atoms with Gasteiger partial charge in [0.15, 0.2) is 0 Å². The van der Waals surface area contributed by atoms with Crippen LogP contribution in [0.1, 0.15) is 71.1 Å². The lowest BCUT2D eigenvalue weighted by atomic mass is 9.54. The predicted molar refractivity (Wildman–Crippen MR) is 101 cm³/mol. The Labute approximate surface area is 156 Å². The van der Waals surface area contributed by atoms with Crippen molar-refractivity contribution in [3.8, 4) is 0 Å². The highest BCUT2D eigenvalue weighted by Gasteiger charge is 2.60. The van der Waals surface area contributed by atoms with Gasteiger partial charge in [0, 0.05) is 19.6 Å². The van der Waals surface area contributed by atoms with Gasteiger partial charge < -0.3 is 15.5 Å². The first kappa shape index (κ1) is 17.8. The lowest BCUT2D eigenvalue weighted by Crippen LogP contribution is -2.60. The molecule has 6 nitrogen and oxygen atoms in total. The molecule has 4 rings (SSSR count). The van der Waals surface area contributed by atoms with E-state index in [1.165, 1.54) is 25.7 Å². The molecular weight excluding hydrogens is 328 g/mol. The Bertz CT molecular complexity index is 607. The van der Waals surface area contributed by atoms with Crippen LogP contribution in [0.3, 0.4) is 0 Å². The van der Waals surface area contributed by atoms with Crippen LogP contribution in [0.4, 0.5) is 4.79 Å². The van der Waals surface area contributed by atoms with Crippen molar-refractivity contribution in [2.24, 2.45) is 16.3 Å². The molecule has 0 aromatic heterocycles. The quantitative estimate of drug-likeness (QED) is 0.812. The Morgan fingerprint density at radius 2 is 1.85 bits per heavy atom. The zero-order valence-corrected chi connectivity index (χ0v) is 16.1. The molecule has 3 amide bonds. The molecule has 26 heavy (non-hydrogen) atoms. The molecule has 0 unspecified atom stereocenters. The van der Waals surface area contributed by atoms with Crippen LogP contribution in [0.5, 0.6) is 0 Å². The van der Waals surface area contributed by atoms with Gasteiger partial charge >= 0.3 is 6.03 Å². The van der Waals surface area contributed by atoms with Gasteiger partial charge in [-0.2, -0.15) is 0 Å². The first-order valence-electron chi connectivity index (χ1n) is 10.3. The third kappa shape index (κ3) is 3.12. The summed E-state index contributed by atoms with van der Waals surface area (Å²) in [5.74, 6) is 0.755. The largest absolute Gasteiger partial charge is 0.338 e. The number of aliphatic imine (C=N–C) groups is 1. The standard InChI is InChI=1S/C20H32N4O2/c1-14-17(25)24(2)20(23-14)12-19(13-20)9-7-16(8-10-19)22-18(26)21-11-15-5-3-4-6-15/h15-16H,3-13H2,1-2H3,(H2,21,22,26). The molecule has 3 saturated carbocycles. The van der Waals surface area contributed by atoms with Gasteiger partial charge in [-0.1, -0.05) is 12.8 Å². The Morgan fingerprint density at radius 1 is 1.19 bits per heavy atom. The number of amides is 3. The minimum atomic E-state index is -0.264. The molecule has 2 N–H and O–H groups in total. The highest BCUT2D eigenvalue weighted by atomic mass is 16.2. The van der Waals surface area contributed by atoms with Gasteiger partial charge in [-0.3, -0.25) is 9.79 Å². The molecule has 6 heteroatoms. The summed E-state index contributed by atoms with van der Waals surface area (Å²) in [6.07, 6.45) is 11.4. The SMILES string of the molecule is CC1=NC2(CC3(CCC(NC(=O)NCC4CCCC4)CC3)C2)N(C)C1=O. The van der Waals surface area contributed by atoms with Gasteiger partial charge in [-0.25, -0.2) is 4.79 Å². The second kappa shape index (κ2) is 6.54. The molecule has 4 aliphatic rings. The summed E-state index contributed by atoms with van der Waals surface area (Å²) in [6, 6.07) is 0.290. The van der Waals surface area contributed by atoms with Crippen LogP contribution in [-0.4, -0.2) is 47.8 Å².